The number of halogens is 1. The van der Waals surface area contributed by atoms with Crippen molar-refractivity contribution < 1.29 is 14.3 Å². The minimum atomic E-state index is -0.292. The third-order valence-corrected chi connectivity index (χ3v) is 4.54. The quantitative estimate of drug-likeness (QED) is 0.568. The van der Waals surface area contributed by atoms with Crippen molar-refractivity contribution in [2.75, 3.05) is 13.2 Å². The Morgan fingerprint density at radius 2 is 2.00 bits per heavy atom. The maximum Gasteiger partial charge on any atom is 0.334 e. The summed E-state index contributed by atoms with van der Waals surface area (Å²) in [6, 6.07) is 9.80. The summed E-state index contributed by atoms with van der Waals surface area (Å²) in [5.74, 6) is 0.523. The van der Waals surface area contributed by atoms with Gasteiger partial charge in [-0.05, 0) is 43.2 Å². The molecule has 1 aliphatic carbocycles. The Kier molecular flexibility index (Phi) is 5.39. The average Bonchev–Trinajstić information content (AvgIpc) is 2.97. The third kappa shape index (κ3) is 3.85. The molecule has 4 nitrogen and oxygen atoms in total. The number of pyridine rings is 1. The van der Waals surface area contributed by atoms with Crippen LogP contribution in [-0.2, 0) is 16.0 Å². The molecule has 1 aliphatic rings. The highest BCUT2D eigenvalue weighted by Gasteiger charge is 2.28. The summed E-state index contributed by atoms with van der Waals surface area (Å²) in [6.45, 7) is 4.65. The predicted molar refractivity (Wildman–Crippen MR) is 97.8 cm³/mol. The van der Waals surface area contributed by atoms with Crippen molar-refractivity contribution in [3.8, 4) is 5.75 Å². The molecule has 0 bridgehead atoms. The lowest BCUT2D eigenvalue weighted by Gasteiger charge is -2.10. The second-order valence-electron chi connectivity index (χ2n) is 5.89. The van der Waals surface area contributed by atoms with Gasteiger partial charge >= 0.3 is 5.97 Å². The van der Waals surface area contributed by atoms with Gasteiger partial charge in [0.25, 0.3) is 0 Å². The molecule has 0 atom stereocenters. The van der Waals surface area contributed by atoms with E-state index in [4.69, 9.17) is 21.1 Å². The molecule has 25 heavy (non-hydrogen) atoms. The standard InChI is InChI=1S/C20H20ClNO3/c1-3-24-20(23)18-12-17-15(8-10-22-19(17)21)16(18)9-11-25-14-6-4-13(2)5-7-14/h4-8,10H,3,9,11-12H2,1-2H3. The van der Waals surface area contributed by atoms with E-state index in [0.29, 0.717) is 36.8 Å². The van der Waals surface area contributed by atoms with Crippen LogP contribution < -0.4 is 4.74 Å². The van der Waals surface area contributed by atoms with E-state index in [9.17, 15) is 4.79 Å². The molecule has 1 aromatic carbocycles. The molecule has 2 aromatic rings. The molecule has 130 valence electrons. The lowest BCUT2D eigenvalue weighted by atomic mass is 10.0. The molecule has 0 unspecified atom stereocenters. The van der Waals surface area contributed by atoms with Crippen LogP contribution in [0.3, 0.4) is 0 Å². The van der Waals surface area contributed by atoms with E-state index in [-0.39, 0.29) is 5.97 Å². The topological polar surface area (TPSA) is 48.4 Å². The fraction of sp³-hybridized carbons (Fsp3) is 0.300. The summed E-state index contributed by atoms with van der Waals surface area (Å²) in [4.78, 5) is 16.4. The van der Waals surface area contributed by atoms with Crippen LogP contribution in [0, 0.1) is 6.92 Å². The smallest absolute Gasteiger partial charge is 0.334 e. The first-order valence-corrected chi connectivity index (χ1v) is 8.70. The number of aromatic nitrogens is 1. The number of fused-ring (bicyclic) bond motifs is 1. The van der Waals surface area contributed by atoms with E-state index in [2.05, 4.69) is 4.98 Å². The first-order valence-electron chi connectivity index (χ1n) is 8.32. The molecule has 0 saturated heterocycles. The Morgan fingerprint density at radius 1 is 1.24 bits per heavy atom. The van der Waals surface area contributed by atoms with Crippen molar-refractivity contribution in [2.45, 2.75) is 26.7 Å². The molecule has 0 saturated carbocycles. The van der Waals surface area contributed by atoms with Crippen LogP contribution in [-0.4, -0.2) is 24.2 Å². The molecule has 0 amide bonds. The molecular formula is C20H20ClNO3. The summed E-state index contributed by atoms with van der Waals surface area (Å²) in [5.41, 5.74) is 4.63. The molecule has 0 radical (unpaired) electrons. The van der Waals surface area contributed by atoms with Gasteiger partial charge in [-0.25, -0.2) is 9.78 Å². The predicted octanol–water partition coefficient (Wildman–Crippen LogP) is 4.39. The number of hydrogen-bond donors (Lipinski definition) is 0. The van der Waals surface area contributed by atoms with Crippen LogP contribution in [0.25, 0.3) is 5.57 Å². The fourth-order valence-electron chi connectivity index (χ4n) is 2.97. The average molecular weight is 358 g/mol. The monoisotopic (exact) mass is 357 g/mol. The van der Waals surface area contributed by atoms with Crippen molar-refractivity contribution in [2.24, 2.45) is 0 Å². The van der Waals surface area contributed by atoms with E-state index in [1.165, 1.54) is 5.56 Å². The summed E-state index contributed by atoms with van der Waals surface area (Å²) < 4.78 is 11.0. The molecule has 5 heteroatoms. The van der Waals surface area contributed by atoms with Gasteiger partial charge in [0.2, 0.25) is 0 Å². The van der Waals surface area contributed by atoms with Crippen molar-refractivity contribution in [3.63, 3.8) is 0 Å². The molecule has 0 N–H and O–H groups in total. The molecule has 0 fully saturated rings. The summed E-state index contributed by atoms with van der Waals surface area (Å²) in [5, 5.41) is 0.439. The van der Waals surface area contributed by atoms with Crippen molar-refractivity contribution in [3.05, 3.63) is 63.9 Å². The first kappa shape index (κ1) is 17.5. The number of aryl methyl sites for hydroxylation is 1. The Bertz CT molecular complexity index is 812. The lowest BCUT2D eigenvalue weighted by Crippen LogP contribution is -2.09. The van der Waals surface area contributed by atoms with Gasteiger partial charge in [0.1, 0.15) is 10.9 Å². The number of rotatable bonds is 6. The number of nitrogens with zero attached hydrogens (tertiary/aromatic N) is 1. The van der Waals surface area contributed by atoms with Crippen LogP contribution in [0.2, 0.25) is 5.15 Å². The Hall–Kier alpha value is -2.33. The number of hydrogen-bond acceptors (Lipinski definition) is 4. The van der Waals surface area contributed by atoms with E-state index in [1.54, 1.807) is 13.1 Å². The van der Waals surface area contributed by atoms with E-state index in [1.807, 2.05) is 37.3 Å². The highest BCUT2D eigenvalue weighted by molar-refractivity contribution is 6.30. The van der Waals surface area contributed by atoms with Gasteiger partial charge in [0.15, 0.2) is 0 Å². The van der Waals surface area contributed by atoms with Crippen LogP contribution in [0.4, 0.5) is 0 Å². The van der Waals surface area contributed by atoms with Gasteiger partial charge in [-0.2, -0.15) is 0 Å². The normalized spacial score (nSPS) is 12.9. The zero-order chi connectivity index (χ0) is 17.8. The summed E-state index contributed by atoms with van der Waals surface area (Å²) in [7, 11) is 0. The van der Waals surface area contributed by atoms with E-state index in [0.717, 1.165) is 22.4 Å². The molecule has 0 spiro atoms. The van der Waals surface area contributed by atoms with Crippen LogP contribution >= 0.6 is 11.6 Å². The first-order chi connectivity index (χ1) is 12.1. The Morgan fingerprint density at radius 3 is 2.72 bits per heavy atom. The number of esters is 1. The number of carbonyl (C=O) groups is 1. The van der Waals surface area contributed by atoms with Crippen molar-refractivity contribution in [1.82, 2.24) is 4.98 Å². The zero-order valence-electron chi connectivity index (χ0n) is 14.3. The zero-order valence-corrected chi connectivity index (χ0v) is 15.1. The molecular weight excluding hydrogens is 338 g/mol. The van der Waals surface area contributed by atoms with E-state index < -0.39 is 0 Å². The molecule has 1 aromatic heterocycles. The van der Waals surface area contributed by atoms with Gasteiger partial charge in [-0.15, -0.1) is 0 Å². The maximum atomic E-state index is 12.3. The number of ether oxygens (including phenoxy) is 2. The maximum absolute atomic E-state index is 12.3. The fourth-order valence-corrected chi connectivity index (χ4v) is 3.19. The van der Waals surface area contributed by atoms with Gasteiger partial charge in [-0.1, -0.05) is 29.3 Å². The van der Waals surface area contributed by atoms with Crippen LogP contribution in [0.1, 0.15) is 30.0 Å². The SMILES string of the molecule is CCOC(=O)C1=C(CCOc2ccc(C)cc2)c2ccnc(Cl)c2C1. The van der Waals surface area contributed by atoms with E-state index >= 15 is 0 Å². The minimum absolute atomic E-state index is 0.292. The Labute approximate surface area is 152 Å². The largest absolute Gasteiger partial charge is 0.493 e. The number of benzene rings is 1. The third-order valence-electron chi connectivity index (χ3n) is 4.21. The highest BCUT2D eigenvalue weighted by Crippen LogP contribution is 2.38. The molecule has 3 rings (SSSR count). The van der Waals surface area contributed by atoms with Crippen LogP contribution in [0.15, 0.2) is 42.1 Å². The van der Waals surface area contributed by atoms with Gasteiger partial charge in [0, 0.05) is 30.2 Å². The van der Waals surface area contributed by atoms with Gasteiger partial charge in [-0.3, -0.25) is 0 Å². The molecule has 1 heterocycles. The minimum Gasteiger partial charge on any atom is -0.493 e. The summed E-state index contributed by atoms with van der Waals surface area (Å²) >= 11 is 6.21. The van der Waals surface area contributed by atoms with Gasteiger partial charge in [0.05, 0.1) is 13.2 Å². The highest BCUT2D eigenvalue weighted by atomic mass is 35.5. The number of carbonyl (C=O) groups excluding carboxylic acids is 1. The summed E-state index contributed by atoms with van der Waals surface area (Å²) in [6.07, 6.45) is 2.73. The van der Waals surface area contributed by atoms with Gasteiger partial charge < -0.3 is 9.47 Å². The molecule has 0 aliphatic heterocycles. The second-order valence-corrected chi connectivity index (χ2v) is 6.25. The van der Waals surface area contributed by atoms with Crippen molar-refractivity contribution in [1.29, 1.82) is 0 Å². The van der Waals surface area contributed by atoms with Crippen LogP contribution in [0.5, 0.6) is 5.75 Å². The van der Waals surface area contributed by atoms with Crippen molar-refractivity contribution >= 4 is 23.1 Å². The lowest BCUT2D eigenvalue weighted by molar-refractivity contribution is -0.138. The second kappa shape index (κ2) is 7.70. The Balaban J connectivity index is 1.79.